The average Bonchev–Trinajstić information content (AvgIpc) is 3.96. The Hall–Kier alpha value is -7.16. The highest BCUT2D eigenvalue weighted by molar-refractivity contribution is 6.05. The summed E-state index contributed by atoms with van der Waals surface area (Å²) in [5, 5.41) is 13.8. The Morgan fingerprint density at radius 2 is 0.964 bits per heavy atom. The van der Waals surface area contributed by atoms with E-state index < -0.39 is 47.9 Å². The van der Waals surface area contributed by atoms with Crippen molar-refractivity contribution in [1.82, 2.24) is 20.0 Å². The van der Waals surface area contributed by atoms with E-state index in [1.165, 1.54) is 0 Å². The van der Waals surface area contributed by atoms with Crippen LogP contribution in [0, 0.1) is 0 Å². The molecule has 2 N–H and O–H groups in total. The van der Waals surface area contributed by atoms with Crippen LogP contribution in [0.4, 0.5) is 21.0 Å². The largest absolute Gasteiger partial charge is 0.444 e. The standard InChI is InChI=1S/C40H34N6O9/c47-33-21-19-31(45(33)39(51)53-23-25-7-3-1-4-8-25)35(49)41-29-15-11-27(12-16-29)37-43-44-38(55-37)28-13-17-30(18-14-28)42-36(50)32-20-22-34(48)46(32)40(52)54-24-26-9-5-2-6-10-26/h1-18,31-32H,19-24H2,(H,41,49)(H,42,50)/t31-,32-/m0/s1. The zero-order valence-corrected chi connectivity index (χ0v) is 29.3. The molecule has 2 aliphatic heterocycles. The molecule has 0 saturated carbocycles. The number of likely N-dealkylation sites (tertiary alicyclic amines) is 2. The Morgan fingerprint density at radius 1 is 0.582 bits per heavy atom. The van der Waals surface area contributed by atoms with Gasteiger partial charge in [-0.25, -0.2) is 19.4 Å². The van der Waals surface area contributed by atoms with Crippen LogP contribution >= 0.6 is 0 Å². The van der Waals surface area contributed by atoms with Gasteiger partial charge >= 0.3 is 12.2 Å². The number of anilines is 2. The van der Waals surface area contributed by atoms with E-state index in [0.717, 1.165) is 20.9 Å². The number of imide groups is 2. The van der Waals surface area contributed by atoms with Gasteiger partial charge in [0.25, 0.3) is 0 Å². The van der Waals surface area contributed by atoms with Gasteiger partial charge in [0.2, 0.25) is 35.4 Å². The van der Waals surface area contributed by atoms with Gasteiger partial charge in [0.05, 0.1) is 0 Å². The molecule has 0 bridgehead atoms. The normalized spacial score (nSPS) is 16.5. The molecule has 6 amide bonds. The molecule has 7 rings (SSSR count). The van der Waals surface area contributed by atoms with Crippen LogP contribution in [0.2, 0.25) is 0 Å². The fourth-order valence-corrected chi connectivity index (χ4v) is 6.20. The molecule has 55 heavy (non-hydrogen) atoms. The summed E-state index contributed by atoms with van der Waals surface area (Å²) in [6.07, 6.45) is -1.31. The van der Waals surface area contributed by atoms with E-state index >= 15 is 0 Å². The first-order valence-corrected chi connectivity index (χ1v) is 17.4. The molecule has 2 atom stereocenters. The van der Waals surface area contributed by atoms with Crippen LogP contribution in [0.15, 0.2) is 114 Å². The quantitative estimate of drug-likeness (QED) is 0.172. The van der Waals surface area contributed by atoms with Crippen molar-refractivity contribution in [2.24, 2.45) is 0 Å². The molecular weight excluding hydrogens is 708 g/mol. The summed E-state index contributed by atoms with van der Waals surface area (Å²) in [5.74, 6) is -1.58. The van der Waals surface area contributed by atoms with Crippen molar-refractivity contribution < 1.29 is 42.7 Å². The Kier molecular flexibility index (Phi) is 10.7. The maximum absolute atomic E-state index is 13.1. The number of nitrogens with zero attached hydrogens (tertiary/aromatic N) is 4. The molecule has 278 valence electrons. The molecule has 2 aliphatic rings. The predicted octanol–water partition coefficient (Wildman–Crippen LogP) is 5.94. The second-order valence-electron chi connectivity index (χ2n) is 12.8. The van der Waals surface area contributed by atoms with Gasteiger partial charge in [0.1, 0.15) is 25.3 Å². The highest BCUT2D eigenvalue weighted by Crippen LogP contribution is 2.28. The van der Waals surface area contributed by atoms with E-state index in [4.69, 9.17) is 13.9 Å². The number of ether oxygens (including phenoxy) is 2. The van der Waals surface area contributed by atoms with Gasteiger partial charge in [-0.05, 0) is 72.5 Å². The van der Waals surface area contributed by atoms with E-state index in [9.17, 15) is 28.8 Å². The minimum atomic E-state index is -1.01. The van der Waals surface area contributed by atoms with Gasteiger partial charge < -0.3 is 24.5 Å². The number of hydrogen-bond donors (Lipinski definition) is 2. The van der Waals surface area contributed by atoms with Gasteiger partial charge in [-0.15, -0.1) is 10.2 Å². The molecule has 15 heteroatoms. The van der Waals surface area contributed by atoms with Crippen molar-refractivity contribution in [3.63, 3.8) is 0 Å². The number of hydrogen-bond acceptors (Lipinski definition) is 11. The van der Waals surface area contributed by atoms with Gasteiger partial charge in [0, 0.05) is 35.3 Å². The first kappa shape index (κ1) is 36.2. The zero-order valence-electron chi connectivity index (χ0n) is 29.3. The van der Waals surface area contributed by atoms with Gasteiger partial charge in [0.15, 0.2) is 0 Å². The third-order valence-electron chi connectivity index (χ3n) is 9.06. The fraction of sp³-hybridized carbons (Fsp3) is 0.200. The molecule has 0 aliphatic carbocycles. The first-order chi connectivity index (χ1) is 26.7. The second-order valence-corrected chi connectivity index (χ2v) is 12.8. The molecule has 2 fully saturated rings. The number of carbonyl (C=O) groups is 6. The summed E-state index contributed by atoms with van der Waals surface area (Å²) in [5.41, 5.74) is 3.51. The van der Waals surface area contributed by atoms with E-state index in [1.54, 1.807) is 97.1 Å². The van der Waals surface area contributed by atoms with Crippen molar-refractivity contribution in [3.05, 3.63) is 120 Å². The van der Waals surface area contributed by atoms with Crippen LogP contribution < -0.4 is 10.6 Å². The molecule has 0 unspecified atom stereocenters. The maximum Gasteiger partial charge on any atom is 0.417 e. The zero-order chi connectivity index (χ0) is 38.3. The van der Waals surface area contributed by atoms with Gasteiger partial charge in [-0.1, -0.05) is 60.7 Å². The predicted molar refractivity (Wildman–Crippen MR) is 195 cm³/mol. The molecule has 4 aromatic carbocycles. The number of carbonyl (C=O) groups excluding carboxylic acids is 6. The first-order valence-electron chi connectivity index (χ1n) is 17.4. The Morgan fingerprint density at radius 3 is 1.35 bits per heavy atom. The topological polar surface area (TPSA) is 190 Å². The molecule has 0 radical (unpaired) electrons. The molecular formula is C40H34N6O9. The van der Waals surface area contributed by atoms with E-state index in [0.29, 0.717) is 22.5 Å². The smallest absolute Gasteiger partial charge is 0.417 e. The lowest BCUT2D eigenvalue weighted by Crippen LogP contribution is -2.45. The Labute approximate surface area is 314 Å². The van der Waals surface area contributed by atoms with Gasteiger partial charge in [-0.2, -0.15) is 0 Å². The summed E-state index contributed by atoms with van der Waals surface area (Å²) < 4.78 is 16.5. The molecule has 3 heterocycles. The maximum atomic E-state index is 13.1. The molecule has 2 saturated heterocycles. The fourth-order valence-electron chi connectivity index (χ4n) is 6.20. The van der Waals surface area contributed by atoms with Crippen molar-refractivity contribution in [2.45, 2.75) is 51.0 Å². The number of amides is 6. The number of rotatable bonds is 10. The third-order valence-corrected chi connectivity index (χ3v) is 9.06. The molecule has 15 nitrogen and oxygen atoms in total. The monoisotopic (exact) mass is 742 g/mol. The van der Waals surface area contributed by atoms with Crippen molar-refractivity contribution >= 4 is 47.2 Å². The van der Waals surface area contributed by atoms with Crippen LogP contribution in [-0.4, -0.2) is 67.9 Å². The highest BCUT2D eigenvalue weighted by atomic mass is 16.6. The summed E-state index contributed by atoms with van der Waals surface area (Å²) in [7, 11) is 0. The van der Waals surface area contributed by atoms with Crippen LogP contribution in [0.5, 0.6) is 0 Å². The summed E-state index contributed by atoms with van der Waals surface area (Å²) in [4.78, 5) is 78.4. The summed E-state index contributed by atoms with van der Waals surface area (Å²) in [6, 6.07) is 29.2. The highest BCUT2D eigenvalue weighted by Gasteiger charge is 2.42. The molecule has 1 aromatic heterocycles. The van der Waals surface area contributed by atoms with E-state index in [1.807, 2.05) is 12.1 Å². The van der Waals surface area contributed by atoms with Crippen molar-refractivity contribution in [2.75, 3.05) is 10.6 Å². The Bertz CT molecular complexity index is 2050. The Balaban J connectivity index is 0.923. The second kappa shape index (κ2) is 16.2. The van der Waals surface area contributed by atoms with Crippen LogP contribution in [-0.2, 0) is 41.9 Å². The van der Waals surface area contributed by atoms with E-state index in [2.05, 4.69) is 20.8 Å². The lowest BCUT2D eigenvalue weighted by molar-refractivity contribution is -0.131. The van der Waals surface area contributed by atoms with Crippen LogP contribution in [0.1, 0.15) is 36.8 Å². The summed E-state index contributed by atoms with van der Waals surface area (Å²) in [6.45, 7) is -0.0544. The minimum Gasteiger partial charge on any atom is -0.444 e. The number of aromatic nitrogens is 2. The summed E-state index contributed by atoms with van der Waals surface area (Å²) >= 11 is 0. The van der Waals surface area contributed by atoms with E-state index in [-0.39, 0.29) is 50.7 Å². The van der Waals surface area contributed by atoms with Crippen molar-refractivity contribution in [1.29, 1.82) is 0 Å². The lowest BCUT2D eigenvalue weighted by Gasteiger charge is -2.21. The number of nitrogens with one attached hydrogen (secondary N) is 2. The van der Waals surface area contributed by atoms with Gasteiger partial charge in [-0.3, -0.25) is 19.2 Å². The molecule has 0 spiro atoms. The SMILES string of the molecule is O=C(Nc1ccc(-c2nnc(-c3ccc(NC(=O)[C@@H]4CCC(=O)N4C(=O)OCc4ccccc4)cc3)o2)cc1)[C@@H]1CCC(=O)N1C(=O)OCc1ccccc1. The minimum absolute atomic E-state index is 0.0272. The molecule has 5 aromatic rings. The number of benzene rings is 4. The third kappa shape index (κ3) is 8.41. The van der Waals surface area contributed by atoms with Crippen molar-refractivity contribution in [3.8, 4) is 22.9 Å². The van der Waals surface area contributed by atoms with Crippen LogP contribution in [0.25, 0.3) is 22.9 Å². The lowest BCUT2D eigenvalue weighted by atomic mass is 10.1. The average molecular weight is 743 g/mol. The van der Waals surface area contributed by atoms with Crippen LogP contribution in [0.3, 0.4) is 0 Å².